The lowest BCUT2D eigenvalue weighted by Crippen LogP contribution is -2.41. The maximum absolute atomic E-state index is 11.6. The maximum Gasteiger partial charge on any atom is 0.332 e. The molecule has 0 aliphatic carbocycles. The van der Waals surface area contributed by atoms with Crippen LogP contribution in [0.3, 0.4) is 0 Å². The third-order valence-corrected chi connectivity index (χ3v) is 1.97. The van der Waals surface area contributed by atoms with Gasteiger partial charge in [0.1, 0.15) is 0 Å². The minimum atomic E-state index is -1.46. The Labute approximate surface area is 100 Å². The van der Waals surface area contributed by atoms with Crippen molar-refractivity contribution in [3.05, 3.63) is 25.3 Å². The van der Waals surface area contributed by atoms with Crippen molar-refractivity contribution in [3.63, 3.8) is 0 Å². The number of carbonyl (C=O) groups excluding carboxylic acids is 1. The first kappa shape index (κ1) is 15.2. The van der Waals surface area contributed by atoms with Crippen LogP contribution in [0.5, 0.6) is 0 Å². The van der Waals surface area contributed by atoms with Crippen molar-refractivity contribution in [1.29, 1.82) is 0 Å². The largest absolute Gasteiger partial charge is 0.479 e. The van der Waals surface area contributed by atoms with Gasteiger partial charge in [0.05, 0.1) is 0 Å². The Kier molecular flexibility index (Phi) is 7.45. The molecular weight excluding hydrogens is 224 g/mol. The molecule has 0 bridgehead atoms. The van der Waals surface area contributed by atoms with E-state index in [2.05, 4.69) is 18.5 Å². The Bertz CT molecular complexity index is 281. The van der Waals surface area contributed by atoms with Crippen LogP contribution in [0.15, 0.2) is 25.3 Å². The smallest absolute Gasteiger partial charge is 0.332 e. The molecule has 0 fully saturated rings. The predicted octanol–water partition coefficient (Wildman–Crippen LogP) is 0.206. The summed E-state index contributed by atoms with van der Waals surface area (Å²) in [5.41, 5.74) is 0. The van der Waals surface area contributed by atoms with Crippen LogP contribution in [0.2, 0.25) is 0 Å². The van der Waals surface area contributed by atoms with E-state index in [-0.39, 0.29) is 19.0 Å². The number of carboxylic acids is 1. The first-order valence-electron chi connectivity index (χ1n) is 5.18. The summed E-state index contributed by atoms with van der Waals surface area (Å²) in [7, 11) is 0. The molecule has 6 heteroatoms. The van der Waals surface area contributed by atoms with E-state index >= 15 is 0 Å². The number of nitrogens with zero attached hydrogens (tertiary/aromatic N) is 1. The van der Waals surface area contributed by atoms with Gasteiger partial charge in [-0.1, -0.05) is 12.2 Å². The quantitative estimate of drug-likeness (QED) is 0.531. The summed E-state index contributed by atoms with van der Waals surface area (Å²) in [5.74, 6) is -1.30. The second kappa shape index (κ2) is 8.35. The van der Waals surface area contributed by atoms with Crippen LogP contribution in [0, 0.1) is 0 Å². The highest BCUT2D eigenvalue weighted by Gasteiger charge is 2.14. The van der Waals surface area contributed by atoms with Crippen LogP contribution < -0.4 is 5.32 Å². The summed E-state index contributed by atoms with van der Waals surface area (Å²) < 4.78 is 0. The van der Waals surface area contributed by atoms with Crippen molar-refractivity contribution in [2.45, 2.75) is 12.5 Å². The molecule has 17 heavy (non-hydrogen) atoms. The van der Waals surface area contributed by atoms with E-state index in [9.17, 15) is 9.59 Å². The molecule has 0 heterocycles. The first-order valence-corrected chi connectivity index (χ1v) is 5.18. The van der Waals surface area contributed by atoms with Crippen LogP contribution in [0.25, 0.3) is 0 Å². The van der Waals surface area contributed by atoms with Gasteiger partial charge in [0.2, 0.25) is 0 Å². The monoisotopic (exact) mass is 242 g/mol. The molecule has 3 N–H and O–H groups in total. The minimum absolute atomic E-state index is 0.0307. The standard InChI is InChI=1S/C11H18N2O4/c1-3-7-13(8-4-2)11(17)12-6-5-9(14)10(15)16/h3-4,9,14H,1-2,5-8H2,(H,12,17)(H,15,16)/t9-/m0/s1. The Morgan fingerprint density at radius 2 is 1.82 bits per heavy atom. The number of aliphatic carboxylic acids is 1. The van der Waals surface area contributed by atoms with Crippen LogP contribution in [-0.2, 0) is 4.79 Å². The van der Waals surface area contributed by atoms with Crippen molar-refractivity contribution in [2.75, 3.05) is 19.6 Å². The Hall–Kier alpha value is -1.82. The lowest BCUT2D eigenvalue weighted by molar-refractivity contribution is -0.146. The number of rotatable bonds is 8. The first-order chi connectivity index (χ1) is 8.02. The highest BCUT2D eigenvalue weighted by molar-refractivity contribution is 5.75. The van der Waals surface area contributed by atoms with Crippen LogP contribution in [-0.4, -0.2) is 52.9 Å². The molecule has 96 valence electrons. The molecule has 6 nitrogen and oxygen atoms in total. The van der Waals surface area contributed by atoms with Gasteiger partial charge in [-0.05, 0) is 0 Å². The van der Waals surface area contributed by atoms with E-state index in [4.69, 9.17) is 10.2 Å². The molecular formula is C11H18N2O4. The number of aliphatic hydroxyl groups is 1. The summed E-state index contributed by atoms with van der Waals surface area (Å²) in [5, 5.41) is 19.9. The van der Waals surface area contributed by atoms with Gasteiger partial charge >= 0.3 is 12.0 Å². The topological polar surface area (TPSA) is 89.9 Å². The molecule has 1 atom stereocenters. The summed E-state index contributed by atoms with van der Waals surface area (Å²) in [4.78, 5) is 23.3. The zero-order valence-corrected chi connectivity index (χ0v) is 9.63. The molecule has 0 aromatic heterocycles. The Morgan fingerprint density at radius 3 is 2.24 bits per heavy atom. The lowest BCUT2D eigenvalue weighted by Gasteiger charge is -2.20. The number of urea groups is 1. The van der Waals surface area contributed by atoms with E-state index in [1.807, 2.05) is 0 Å². The summed E-state index contributed by atoms with van der Waals surface area (Å²) >= 11 is 0. The minimum Gasteiger partial charge on any atom is -0.479 e. The van der Waals surface area contributed by atoms with Gasteiger partial charge in [-0.25, -0.2) is 9.59 Å². The zero-order valence-electron chi connectivity index (χ0n) is 9.63. The maximum atomic E-state index is 11.6. The molecule has 0 radical (unpaired) electrons. The van der Waals surface area contributed by atoms with Gasteiger partial charge in [0.15, 0.2) is 6.10 Å². The van der Waals surface area contributed by atoms with Gasteiger partial charge < -0.3 is 20.4 Å². The number of amides is 2. The third-order valence-electron chi connectivity index (χ3n) is 1.97. The average Bonchev–Trinajstić information content (AvgIpc) is 2.28. The Balaban J connectivity index is 4.00. The molecule has 0 aliphatic heterocycles. The van der Waals surface area contributed by atoms with Crippen LogP contribution in [0.4, 0.5) is 4.79 Å². The molecule has 0 aromatic carbocycles. The number of nitrogens with one attached hydrogen (secondary N) is 1. The fraction of sp³-hybridized carbons (Fsp3) is 0.455. The van der Waals surface area contributed by atoms with Gasteiger partial charge in [0.25, 0.3) is 0 Å². The molecule has 0 unspecified atom stereocenters. The summed E-state index contributed by atoms with van der Waals surface area (Å²) in [6.07, 6.45) is 1.67. The fourth-order valence-corrected chi connectivity index (χ4v) is 1.10. The lowest BCUT2D eigenvalue weighted by atomic mass is 10.2. The van der Waals surface area contributed by atoms with E-state index < -0.39 is 12.1 Å². The van der Waals surface area contributed by atoms with Crippen molar-refractivity contribution in [3.8, 4) is 0 Å². The van der Waals surface area contributed by atoms with E-state index in [1.165, 1.54) is 4.90 Å². The SMILES string of the molecule is C=CCN(CC=C)C(=O)NCC[C@H](O)C(=O)O. The second-order valence-electron chi connectivity index (χ2n) is 3.36. The predicted molar refractivity (Wildman–Crippen MR) is 63.6 cm³/mol. The molecule has 0 rings (SSSR count). The number of carbonyl (C=O) groups is 2. The molecule has 0 aliphatic rings. The number of carboxylic acid groups (broad SMARTS) is 1. The summed E-state index contributed by atoms with van der Waals surface area (Å²) in [6.45, 7) is 7.89. The average molecular weight is 242 g/mol. The van der Waals surface area contributed by atoms with Crippen LogP contribution in [0.1, 0.15) is 6.42 Å². The highest BCUT2D eigenvalue weighted by atomic mass is 16.4. The van der Waals surface area contributed by atoms with Crippen molar-refractivity contribution < 1.29 is 19.8 Å². The molecule has 0 saturated carbocycles. The number of hydrogen-bond donors (Lipinski definition) is 3. The van der Waals surface area contributed by atoms with Gasteiger partial charge in [-0.15, -0.1) is 13.2 Å². The van der Waals surface area contributed by atoms with Crippen LogP contribution >= 0.6 is 0 Å². The molecule has 0 spiro atoms. The molecule has 2 amide bonds. The second-order valence-corrected chi connectivity index (χ2v) is 3.36. The van der Waals surface area contributed by atoms with Gasteiger partial charge in [-0.2, -0.15) is 0 Å². The molecule has 0 aromatic rings. The Morgan fingerprint density at radius 1 is 1.29 bits per heavy atom. The zero-order chi connectivity index (χ0) is 13.3. The van der Waals surface area contributed by atoms with E-state index in [0.717, 1.165) is 0 Å². The van der Waals surface area contributed by atoms with Crippen molar-refractivity contribution >= 4 is 12.0 Å². The third kappa shape index (κ3) is 6.36. The molecule has 0 saturated heterocycles. The highest BCUT2D eigenvalue weighted by Crippen LogP contribution is 1.93. The van der Waals surface area contributed by atoms with Gasteiger partial charge in [0, 0.05) is 26.1 Å². The van der Waals surface area contributed by atoms with Crippen molar-refractivity contribution in [2.24, 2.45) is 0 Å². The van der Waals surface area contributed by atoms with Crippen molar-refractivity contribution in [1.82, 2.24) is 10.2 Å². The fourth-order valence-electron chi connectivity index (χ4n) is 1.10. The van der Waals surface area contributed by atoms with Gasteiger partial charge in [-0.3, -0.25) is 0 Å². The number of hydrogen-bond acceptors (Lipinski definition) is 3. The van der Waals surface area contributed by atoms with E-state index in [1.54, 1.807) is 12.2 Å². The normalized spacial score (nSPS) is 11.4. The summed E-state index contributed by atoms with van der Waals surface area (Å²) in [6, 6.07) is -0.345. The number of aliphatic hydroxyl groups excluding tert-OH is 1. The van der Waals surface area contributed by atoms with E-state index in [0.29, 0.717) is 13.1 Å².